The fourth-order valence-electron chi connectivity index (χ4n) is 1.66. The fraction of sp³-hybridized carbons (Fsp3) is 0.692. The van der Waals surface area contributed by atoms with Crippen LogP contribution in [0.2, 0.25) is 0 Å². The Morgan fingerprint density at radius 2 is 2.33 bits per heavy atom. The normalized spacial score (nSPS) is 11.9. The van der Waals surface area contributed by atoms with Gasteiger partial charge in [0.25, 0.3) is 0 Å². The van der Waals surface area contributed by atoms with Crippen LogP contribution in [0.5, 0.6) is 0 Å². The highest BCUT2D eigenvalue weighted by molar-refractivity contribution is 4.94. The number of nitrogens with zero attached hydrogens (tertiary/aromatic N) is 2. The molecule has 0 saturated heterocycles. The highest BCUT2D eigenvalue weighted by Gasteiger charge is 2.05. The van der Waals surface area contributed by atoms with Gasteiger partial charge in [-0.05, 0) is 26.2 Å². The molecule has 3 N–H and O–H groups in total. The van der Waals surface area contributed by atoms with Crippen molar-refractivity contribution in [3.8, 4) is 11.8 Å². The monoisotopic (exact) mass is 250 g/mol. The maximum Gasteiger partial charge on any atom is 0.0839 e. The molecule has 0 bridgehead atoms. The Balaban J connectivity index is 1.92. The summed E-state index contributed by atoms with van der Waals surface area (Å²) in [5.74, 6) is 5.82. The molecule has 0 radical (unpaired) electrons. The number of hydrogen-bond donors (Lipinski definition) is 2. The third-order valence-electron chi connectivity index (χ3n) is 2.60. The zero-order valence-electron chi connectivity index (χ0n) is 11.0. The van der Waals surface area contributed by atoms with Crippen molar-refractivity contribution in [1.29, 1.82) is 0 Å². The van der Waals surface area contributed by atoms with Crippen LogP contribution in [0.1, 0.15) is 38.3 Å². The summed E-state index contributed by atoms with van der Waals surface area (Å²) in [6, 6.07) is 0.154. The first-order valence-electron chi connectivity index (χ1n) is 6.41. The molecule has 18 heavy (non-hydrogen) atoms. The van der Waals surface area contributed by atoms with Gasteiger partial charge in [0.1, 0.15) is 0 Å². The van der Waals surface area contributed by atoms with Crippen LogP contribution in [-0.2, 0) is 11.2 Å². The standard InChI is InChI=1S/C13H22N4O/c1-2-3-5-8-18-9-6-4-7-12(14)10-13-11-15-17-16-13/h11-12H,4-10,14H2,1H3,(H,15,16,17). The van der Waals surface area contributed by atoms with E-state index in [2.05, 4.69) is 27.3 Å². The maximum atomic E-state index is 6.00. The number of ether oxygens (including phenoxy) is 1. The van der Waals surface area contributed by atoms with E-state index in [1.165, 1.54) is 0 Å². The van der Waals surface area contributed by atoms with Gasteiger partial charge in [-0.15, -0.1) is 16.9 Å². The fourth-order valence-corrected chi connectivity index (χ4v) is 1.66. The minimum absolute atomic E-state index is 0.154. The van der Waals surface area contributed by atoms with Gasteiger partial charge in [-0.2, -0.15) is 0 Å². The van der Waals surface area contributed by atoms with Crippen LogP contribution in [0.25, 0.3) is 0 Å². The Hall–Kier alpha value is -1.38. The summed E-state index contributed by atoms with van der Waals surface area (Å²) in [6.07, 6.45) is 6.51. The van der Waals surface area contributed by atoms with Gasteiger partial charge in [0.15, 0.2) is 0 Å². The average molecular weight is 250 g/mol. The Labute approximate surface area is 108 Å². The van der Waals surface area contributed by atoms with E-state index in [0.29, 0.717) is 0 Å². The zero-order valence-corrected chi connectivity index (χ0v) is 11.0. The lowest BCUT2D eigenvalue weighted by atomic mass is 10.1. The van der Waals surface area contributed by atoms with Crippen molar-refractivity contribution in [3.05, 3.63) is 11.9 Å². The van der Waals surface area contributed by atoms with Crippen LogP contribution in [0.3, 0.4) is 0 Å². The quantitative estimate of drug-likeness (QED) is 0.511. The molecule has 0 saturated carbocycles. The van der Waals surface area contributed by atoms with Crippen molar-refractivity contribution in [3.63, 3.8) is 0 Å². The van der Waals surface area contributed by atoms with Gasteiger partial charge >= 0.3 is 0 Å². The van der Waals surface area contributed by atoms with Crippen LogP contribution < -0.4 is 5.73 Å². The third-order valence-corrected chi connectivity index (χ3v) is 2.60. The highest BCUT2D eigenvalue weighted by atomic mass is 16.5. The first-order chi connectivity index (χ1) is 8.83. The van der Waals surface area contributed by atoms with E-state index in [0.717, 1.165) is 51.0 Å². The molecular formula is C13H22N4O. The summed E-state index contributed by atoms with van der Waals surface area (Å²) < 4.78 is 5.45. The molecule has 0 aliphatic heterocycles. The number of hydrogen-bond acceptors (Lipinski definition) is 4. The lowest BCUT2D eigenvalue weighted by Gasteiger charge is -2.09. The van der Waals surface area contributed by atoms with E-state index < -0.39 is 0 Å². The summed E-state index contributed by atoms with van der Waals surface area (Å²) in [5.41, 5.74) is 6.93. The molecule has 0 amide bonds. The molecule has 0 fully saturated rings. The van der Waals surface area contributed by atoms with Crippen LogP contribution in [-0.4, -0.2) is 34.7 Å². The second-order valence-corrected chi connectivity index (χ2v) is 4.21. The van der Waals surface area contributed by atoms with Gasteiger partial charge in [0.05, 0.1) is 12.3 Å². The Kier molecular flexibility index (Phi) is 7.85. The number of H-pyrrole nitrogens is 1. The zero-order chi connectivity index (χ0) is 13.1. The molecule has 100 valence electrons. The minimum Gasteiger partial charge on any atom is -0.380 e. The number of rotatable bonds is 9. The molecule has 1 aromatic rings. The molecule has 1 atom stereocenters. The topological polar surface area (TPSA) is 76.8 Å². The summed E-state index contributed by atoms with van der Waals surface area (Å²) in [5, 5.41) is 10.3. The van der Waals surface area contributed by atoms with Crippen LogP contribution in [0.15, 0.2) is 6.20 Å². The van der Waals surface area contributed by atoms with Crippen molar-refractivity contribution in [1.82, 2.24) is 15.4 Å². The molecule has 1 unspecified atom stereocenters. The average Bonchev–Trinajstić information content (AvgIpc) is 2.85. The largest absolute Gasteiger partial charge is 0.380 e. The van der Waals surface area contributed by atoms with Gasteiger partial charge in [-0.1, -0.05) is 5.21 Å². The van der Waals surface area contributed by atoms with E-state index >= 15 is 0 Å². The van der Waals surface area contributed by atoms with Gasteiger partial charge in [0.2, 0.25) is 0 Å². The SMILES string of the molecule is CC#CCCOCCCCC(N)Cc1c[nH]nn1. The van der Waals surface area contributed by atoms with Crippen molar-refractivity contribution in [2.75, 3.05) is 13.2 Å². The number of nitrogens with one attached hydrogen (secondary N) is 1. The van der Waals surface area contributed by atoms with E-state index in [1.807, 2.05) is 6.92 Å². The molecule has 1 heterocycles. The molecule has 5 heteroatoms. The molecule has 0 aromatic carbocycles. The summed E-state index contributed by atoms with van der Waals surface area (Å²) in [4.78, 5) is 0. The van der Waals surface area contributed by atoms with Crippen molar-refractivity contribution < 1.29 is 4.74 Å². The van der Waals surface area contributed by atoms with Crippen LogP contribution in [0, 0.1) is 11.8 Å². The third kappa shape index (κ3) is 7.05. The lowest BCUT2D eigenvalue weighted by Crippen LogP contribution is -2.23. The molecule has 0 aliphatic rings. The Morgan fingerprint density at radius 3 is 3.06 bits per heavy atom. The molecule has 1 aromatic heterocycles. The van der Waals surface area contributed by atoms with E-state index in [-0.39, 0.29) is 6.04 Å². The second-order valence-electron chi connectivity index (χ2n) is 4.21. The molecule has 1 rings (SSSR count). The summed E-state index contributed by atoms with van der Waals surface area (Å²) in [7, 11) is 0. The Morgan fingerprint density at radius 1 is 1.44 bits per heavy atom. The maximum absolute atomic E-state index is 6.00. The predicted octanol–water partition coefficient (Wildman–Crippen LogP) is 1.27. The van der Waals surface area contributed by atoms with E-state index in [4.69, 9.17) is 10.5 Å². The first kappa shape index (κ1) is 14.7. The number of aromatic nitrogens is 3. The van der Waals surface area contributed by atoms with E-state index in [1.54, 1.807) is 6.20 Å². The van der Waals surface area contributed by atoms with Gasteiger partial charge in [0, 0.05) is 31.7 Å². The number of nitrogens with two attached hydrogens (primary N) is 1. The number of aromatic amines is 1. The van der Waals surface area contributed by atoms with Crippen molar-refractivity contribution in [2.45, 2.75) is 45.1 Å². The number of unbranched alkanes of at least 4 members (excludes halogenated alkanes) is 1. The van der Waals surface area contributed by atoms with Crippen LogP contribution >= 0.6 is 0 Å². The van der Waals surface area contributed by atoms with Gasteiger partial charge in [-0.25, -0.2) is 0 Å². The Bertz CT molecular complexity index is 353. The van der Waals surface area contributed by atoms with E-state index in [9.17, 15) is 0 Å². The summed E-state index contributed by atoms with van der Waals surface area (Å²) >= 11 is 0. The smallest absolute Gasteiger partial charge is 0.0839 e. The predicted molar refractivity (Wildman–Crippen MR) is 70.8 cm³/mol. The molecule has 5 nitrogen and oxygen atoms in total. The summed E-state index contributed by atoms with van der Waals surface area (Å²) in [6.45, 7) is 3.37. The lowest BCUT2D eigenvalue weighted by molar-refractivity contribution is 0.135. The first-order valence-corrected chi connectivity index (χ1v) is 6.41. The molecular weight excluding hydrogens is 228 g/mol. The van der Waals surface area contributed by atoms with Crippen molar-refractivity contribution in [2.24, 2.45) is 5.73 Å². The van der Waals surface area contributed by atoms with Crippen LogP contribution in [0.4, 0.5) is 0 Å². The highest BCUT2D eigenvalue weighted by Crippen LogP contribution is 2.04. The van der Waals surface area contributed by atoms with Gasteiger partial charge in [-0.3, -0.25) is 5.10 Å². The molecule has 0 aliphatic carbocycles. The minimum atomic E-state index is 0.154. The van der Waals surface area contributed by atoms with Crippen molar-refractivity contribution >= 4 is 0 Å². The van der Waals surface area contributed by atoms with Gasteiger partial charge < -0.3 is 10.5 Å². The molecule has 0 spiro atoms. The second kappa shape index (κ2) is 9.63.